The van der Waals surface area contributed by atoms with Gasteiger partial charge in [0.05, 0.1) is 0 Å². The van der Waals surface area contributed by atoms with Gasteiger partial charge in [-0.05, 0) is 24.1 Å². The van der Waals surface area contributed by atoms with Gasteiger partial charge in [0.2, 0.25) is 5.91 Å². The van der Waals surface area contributed by atoms with Crippen LogP contribution in [0.15, 0.2) is 24.3 Å². The minimum absolute atomic E-state index is 0.0402. The number of nitrogens with zero attached hydrogens (tertiary/aromatic N) is 3. The van der Waals surface area contributed by atoms with Crippen molar-refractivity contribution in [2.75, 3.05) is 45.7 Å². The maximum atomic E-state index is 12.1. The fraction of sp³-hybridized carbons (Fsp3) is 0.500. The average Bonchev–Trinajstić information content (AvgIpc) is 2.98. The van der Waals surface area contributed by atoms with Crippen LogP contribution < -0.4 is 4.90 Å². The molecule has 2 rings (SSSR count). The third-order valence-corrected chi connectivity index (χ3v) is 4.15. The molecule has 1 aromatic carbocycles. The molecule has 0 unspecified atom stereocenters. The number of amides is 2. The highest BCUT2D eigenvalue weighted by Gasteiger charge is 2.23. The first kappa shape index (κ1) is 18.8. The Morgan fingerprint density at radius 1 is 1.16 bits per heavy atom. The smallest absolute Gasteiger partial charge is 0.326 e. The number of ether oxygens (including phenoxy) is 1. The third kappa shape index (κ3) is 5.48. The van der Waals surface area contributed by atoms with E-state index in [9.17, 15) is 14.4 Å². The summed E-state index contributed by atoms with van der Waals surface area (Å²) in [7, 11) is 5.60. The first-order chi connectivity index (χ1) is 11.9. The SMILES string of the molecule is CN(Cc1ccc(N(C)C)cc1)C(=O)COC(=O)CN1CCCC1=O. The van der Waals surface area contributed by atoms with E-state index in [1.165, 1.54) is 9.80 Å². The van der Waals surface area contributed by atoms with Crippen LogP contribution in [0.2, 0.25) is 0 Å². The first-order valence-electron chi connectivity index (χ1n) is 8.30. The maximum absolute atomic E-state index is 12.1. The van der Waals surface area contributed by atoms with E-state index in [1.54, 1.807) is 7.05 Å². The van der Waals surface area contributed by atoms with Gasteiger partial charge in [-0.3, -0.25) is 14.4 Å². The first-order valence-corrected chi connectivity index (χ1v) is 8.30. The molecule has 0 saturated carbocycles. The lowest BCUT2D eigenvalue weighted by atomic mass is 10.2. The van der Waals surface area contributed by atoms with Crippen LogP contribution in [0.4, 0.5) is 5.69 Å². The Morgan fingerprint density at radius 2 is 1.84 bits per heavy atom. The largest absolute Gasteiger partial charge is 0.454 e. The molecular formula is C18H25N3O4. The molecule has 0 radical (unpaired) electrons. The Bertz CT molecular complexity index is 628. The number of rotatable bonds is 7. The van der Waals surface area contributed by atoms with Crippen LogP contribution in [0, 0.1) is 0 Å². The van der Waals surface area contributed by atoms with Gasteiger partial charge in [-0.2, -0.15) is 0 Å². The van der Waals surface area contributed by atoms with E-state index in [2.05, 4.69) is 0 Å². The van der Waals surface area contributed by atoms with Crippen molar-refractivity contribution in [3.63, 3.8) is 0 Å². The second-order valence-electron chi connectivity index (χ2n) is 6.39. The van der Waals surface area contributed by atoms with Crippen LogP contribution in [-0.2, 0) is 25.7 Å². The van der Waals surface area contributed by atoms with Gasteiger partial charge in [0.15, 0.2) is 6.61 Å². The Labute approximate surface area is 148 Å². The zero-order valence-electron chi connectivity index (χ0n) is 15.0. The molecule has 0 N–H and O–H groups in total. The predicted molar refractivity (Wildman–Crippen MR) is 94.0 cm³/mol. The van der Waals surface area contributed by atoms with Gasteiger partial charge in [-0.15, -0.1) is 0 Å². The molecule has 1 aliphatic heterocycles. The summed E-state index contributed by atoms with van der Waals surface area (Å²) in [4.78, 5) is 40.3. The molecule has 7 nitrogen and oxygen atoms in total. The molecule has 1 saturated heterocycles. The van der Waals surface area contributed by atoms with E-state index < -0.39 is 5.97 Å². The van der Waals surface area contributed by atoms with Crippen LogP contribution in [0.5, 0.6) is 0 Å². The number of benzene rings is 1. The quantitative estimate of drug-likeness (QED) is 0.685. The summed E-state index contributed by atoms with van der Waals surface area (Å²) in [5.74, 6) is -0.869. The molecule has 1 aliphatic rings. The summed E-state index contributed by atoms with van der Waals surface area (Å²) in [5.41, 5.74) is 2.08. The van der Waals surface area contributed by atoms with Crippen LogP contribution >= 0.6 is 0 Å². The van der Waals surface area contributed by atoms with Crippen molar-refractivity contribution in [3.05, 3.63) is 29.8 Å². The second-order valence-corrected chi connectivity index (χ2v) is 6.39. The zero-order chi connectivity index (χ0) is 18.4. The van der Waals surface area contributed by atoms with Gasteiger partial charge in [0, 0.05) is 46.3 Å². The minimum Gasteiger partial charge on any atom is -0.454 e. The highest BCUT2D eigenvalue weighted by molar-refractivity contribution is 5.85. The standard InChI is InChI=1S/C18H25N3O4/c1-19(2)15-8-6-14(7-9-15)11-20(3)17(23)13-25-18(24)12-21-10-4-5-16(21)22/h6-9H,4-5,10-13H2,1-3H3. The van der Waals surface area contributed by atoms with Crippen LogP contribution in [0.25, 0.3) is 0 Å². The van der Waals surface area contributed by atoms with Gasteiger partial charge in [-0.25, -0.2) is 0 Å². The topological polar surface area (TPSA) is 70.2 Å². The number of carbonyl (C=O) groups is 3. The molecule has 0 atom stereocenters. The van der Waals surface area contributed by atoms with Crippen LogP contribution in [-0.4, -0.2) is 68.4 Å². The molecule has 2 amide bonds. The van der Waals surface area contributed by atoms with E-state index in [1.807, 2.05) is 43.3 Å². The number of anilines is 1. The highest BCUT2D eigenvalue weighted by atomic mass is 16.5. The molecule has 0 aliphatic carbocycles. The zero-order valence-corrected chi connectivity index (χ0v) is 15.0. The highest BCUT2D eigenvalue weighted by Crippen LogP contribution is 2.13. The Kier molecular flexibility index (Phi) is 6.38. The molecule has 136 valence electrons. The minimum atomic E-state index is -0.549. The summed E-state index contributed by atoms with van der Waals surface area (Å²) in [6, 6.07) is 7.90. The van der Waals surface area contributed by atoms with E-state index >= 15 is 0 Å². The molecule has 1 heterocycles. The normalized spacial score (nSPS) is 13.7. The van der Waals surface area contributed by atoms with E-state index in [-0.39, 0.29) is 25.0 Å². The summed E-state index contributed by atoms with van der Waals surface area (Å²) < 4.78 is 4.99. The molecule has 0 bridgehead atoms. The third-order valence-electron chi connectivity index (χ3n) is 4.15. The van der Waals surface area contributed by atoms with Gasteiger partial charge in [-0.1, -0.05) is 12.1 Å². The van der Waals surface area contributed by atoms with Crippen LogP contribution in [0.1, 0.15) is 18.4 Å². The molecule has 0 spiro atoms. The van der Waals surface area contributed by atoms with E-state index in [4.69, 9.17) is 4.74 Å². The number of likely N-dealkylation sites (N-methyl/N-ethyl adjacent to an activating group) is 1. The van der Waals surface area contributed by atoms with Gasteiger partial charge in [0.1, 0.15) is 6.54 Å². The fourth-order valence-corrected chi connectivity index (χ4v) is 2.59. The van der Waals surface area contributed by atoms with Crippen molar-refractivity contribution in [1.82, 2.24) is 9.80 Å². The molecule has 1 aromatic rings. The summed E-state index contributed by atoms with van der Waals surface area (Å²) in [6.45, 7) is 0.619. The number of esters is 1. The van der Waals surface area contributed by atoms with Crippen molar-refractivity contribution < 1.29 is 19.1 Å². The number of carbonyl (C=O) groups excluding carboxylic acids is 3. The van der Waals surface area contributed by atoms with Gasteiger partial charge < -0.3 is 19.4 Å². The molecular weight excluding hydrogens is 322 g/mol. The molecule has 0 aromatic heterocycles. The Hall–Kier alpha value is -2.57. The average molecular weight is 347 g/mol. The van der Waals surface area contributed by atoms with Crippen molar-refractivity contribution >= 4 is 23.5 Å². The lowest BCUT2D eigenvalue weighted by Crippen LogP contribution is -2.35. The lowest BCUT2D eigenvalue weighted by molar-refractivity contribution is -0.154. The molecule has 25 heavy (non-hydrogen) atoms. The van der Waals surface area contributed by atoms with Crippen molar-refractivity contribution in [2.45, 2.75) is 19.4 Å². The van der Waals surface area contributed by atoms with Crippen molar-refractivity contribution in [2.24, 2.45) is 0 Å². The Morgan fingerprint density at radius 3 is 2.40 bits per heavy atom. The summed E-state index contributed by atoms with van der Waals surface area (Å²) in [5, 5.41) is 0. The van der Waals surface area contributed by atoms with Gasteiger partial charge in [0.25, 0.3) is 5.91 Å². The number of hydrogen-bond acceptors (Lipinski definition) is 5. The van der Waals surface area contributed by atoms with E-state index in [0.29, 0.717) is 19.5 Å². The number of hydrogen-bond donors (Lipinski definition) is 0. The van der Waals surface area contributed by atoms with Crippen LogP contribution in [0.3, 0.4) is 0 Å². The van der Waals surface area contributed by atoms with Gasteiger partial charge >= 0.3 is 5.97 Å². The predicted octanol–water partition coefficient (Wildman–Crippen LogP) is 0.877. The fourth-order valence-electron chi connectivity index (χ4n) is 2.59. The monoisotopic (exact) mass is 347 g/mol. The lowest BCUT2D eigenvalue weighted by Gasteiger charge is -2.19. The maximum Gasteiger partial charge on any atom is 0.326 e. The number of likely N-dealkylation sites (tertiary alicyclic amines) is 1. The summed E-state index contributed by atoms with van der Waals surface area (Å²) in [6.07, 6.45) is 1.24. The van der Waals surface area contributed by atoms with E-state index in [0.717, 1.165) is 17.7 Å². The Balaban J connectivity index is 1.75. The second kappa shape index (κ2) is 8.50. The molecule has 1 fully saturated rings. The summed E-state index contributed by atoms with van der Waals surface area (Å²) >= 11 is 0. The molecule has 7 heteroatoms. The van der Waals surface area contributed by atoms with Crippen molar-refractivity contribution in [1.29, 1.82) is 0 Å². The van der Waals surface area contributed by atoms with Crippen molar-refractivity contribution in [3.8, 4) is 0 Å².